The molecule has 4 heteroatoms. The molecule has 2 aromatic rings. The maximum atomic E-state index is 5.19. The van der Waals surface area contributed by atoms with Gasteiger partial charge in [0.05, 0.1) is 20.4 Å². The topological polar surface area (TPSA) is 44.5 Å². The van der Waals surface area contributed by atoms with Gasteiger partial charge in [-0.3, -0.25) is 0 Å². The highest BCUT2D eigenvalue weighted by atomic mass is 16.5. The van der Waals surface area contributed by atoms with Crippen LogP contribution in [0.15, 0.2) is 35.0 Å². The van der Waals surface area contributed by atoms with Crippen LogP contribution in [0.1, 0.15) is 0 Å². The Hall–Kier alpha value is -1.97. The van der Waals surface area contributed by atoms with Crippen LogP contribution < -0.4 is 9.47 Å². The van der Waals surface area contributed by atoms with Gasteiger partial charge < -0.3 is 14.0 Å². The molecule has 0 N–H and O–H groups in total. The standard InChI is InChI=1S/C11H11NO3/c1-13-10-4-3-8(7-11(10)14-2)9-5-6-12-15-9/h3-7H,1-2H3. The summed E-state index contributed by atoms with van der Waals surface area (Å²) < 4.78 is 15.4. The Morgan fingerprint density at radius 3 is 2.47 bits per heavy atom. The molecule has 1 aromatic carbocycles. The summed E-state index contributed by atoms with van der Waals surface area (Å²) in [4.78, 5) is 0. The minimum absolute atomic E-state index is 0.673. The third-order valence-corrected chi connectivity index (χ3v) is 2.11. The molecule has 4 nitrogen and oxygen atoms in total. The summed E-state index contributed by atoms with van der Waals surface area (Å²) in [6.07, 6.45) is 1.60. The van der Waals surface area contributed by atoms with Crippen molar-refractivity contribution in [1.82, 2.24) is 5.16 Å². The van der Waals surface area contributed by atoms with Gasteiger partial charge in [-0.1, -0.05) is 5.16 Å². The molecule has 0 aliphatic heterocycles. The van der Waals surface area contributed by atoms with Crippen LogP contribution in [0.2, 0.25) is 0 Å². The molecule has 2 rings (SSSR count). The monoisotopic (exact) mass is 205 g/mol. The fraction of sp³-hybridized carbons (Fsp3) is 0.182. The second-order valence-corrected chi connectivity index (χ2v) is 2.95. The zero-order chi connectivity index (χ0) is 10.7. The van der Waals surface area contributed by atoms with Crippen molar-refractivity contribution >= 4 is 0 Å². The molecule has 0 spiro atoms. The van der Waals surface area contributed by atoms with E-state index in [-0.39, 0.29) is 0 Å². The maximum absolute atomic E-state index is 5.19. The average molecular weight is 205 g/mol. The smallest absolute Gasteiger partial charge is 0.166 e. The van der Waals surface area contributed by atoms with Gasteiger partial charge in [0.25, 0.3) is 0 Å². The Morgan fingerprint density at radius 2 is 1.87 bits per heavy atom. The van der Waals surface area contributed by atoms with Gasteiger partial charge in [-0.05, 0) is 18.2 Å². The summed E-state index contributed by atoms with van der Waals surface area (Å²) in [5.74, 6) is 2.07. The largest absolute Gasteiger partial charge is 0.493 e. The molecule has 0 aliphatic carbocycles. The van der Waals surface area contributed by atoms with Gasteiger partial charge in [0, 0.05) is 11.6 Å². The fourth-order valence-corrected chi connectivity index (χ4v) is 1.35. The van der Waals surface area contributed by atoms with Crippen molar-refractivity contribution in [2.24, 2.45) is 0 Å². The number of rotatable bonds is 3. The molecule has 78 valence electrons. The first-order valence-corrected chi connectivity index (χ1v) is 4.48. The summed E-state index contributed by atoms with van der Waals surface area (Å²) >= 11 is 0. The maximum Gasteiger partial charge on any atom is 0.166 e. The van der Waals surface area contributed by atoms with Crippen molar-refractivity contribution in [3.63, 3.8) is 0 Å². The lowest BCUT2D eigenvalue weighted by atomic mass is 10.1. The highest BCUT2D eigenvalue weighted by Gasteiger charge is 2.07. The Morgan fingerprint density at radius 1 is 1.07 bits per heavy atom. The predicted molar refractivity (Wildman–Crippen MR) is 55.0 cm³/mol. The first-order chi connectivity index (χ1) is 7.35. The van der Waals surface area contributed by atoms with Crippen molar-refractivity contribution < 1.29 is 14.0 Å². The second kappa shape index (κ2) is 4.04. The van der Waals surface area contributed by atoms with Gasteiger partial charge in [0.15, 0.2) is 17.3 Å². The zero-order valence-corrected chi connectivity index (χ0v) is 8.56. The van der Waals surface area contributed by atoms with Crippen LogP contribution >= 0.6 is 0 Å². The van der Waals surface area contributed by atoms with Crippen LogP contribution in [-0.4, -0.2) is 19.4 Å². The number of nitrogens with zero attached hydrogens (tertiary/aromatic N) is 1. The molecule has 0 atom stereocenters. The van der Waals surface area contributed by atoms with E-state index < -0.39 is 0 Å². The van der Waals surface area contributed by atoms with Crippen molar-refractivity contribution in [3.8, 4) is 22.8 Å². The van der Waals surface area contributed by atoms with E-state index in [1.165, 1.54) is 0 Å². The first-order valence-electron chi connectivity index (χ1n) is 4.48. The van der Waals surface area contributed by atoms with Crippen molar-refractivity contribution in [2.75, 3.05) is 14.2 Å². The molecule has 0 saturated heterocycles. The summed E-state index contributed by atoms with van der Waals surface area (Å²) in [6.45, 7) is 0. The van der Waals surface area contributed by atoms with Crippen LogP contribution in [0.4, 0.5) is 0 Å². The molecule has 1 aromatic heterocycles. The highest BCUT2D eigenvalue weighted by Crippen LogP contribution is 2.31. The lowest BCUT2D eigenvalue weighted by Gasteiger charge is -2.07. The lowest BCUT2D eigenvalue weighted by molar-refractivity contribution is 0.355. The van der Waals surface area contributed by atoms with E-state index >= 15 is 0 Å². The predicted octanol–water partition coefficient (Wildman–Crippen LogP) is 2.36. The Kier molecular flexibility index (Phi) is 2.58. The van der Waals surface area contributed by atoms with Crippen LogP contribution in [0.5, 0.6) is 11.5 Å². The molecule has 15 heavy (non-hydrogen) atoms. The third kappa shape index (κ3) is 1.79. The van der Waals surface area contributed by atoms with E-state index in [0.717, 1.165) is 5.56 Å². The molecular weight excluding hydrogens is 194 g/mol. The zero-order valence-electron chi connectivity index (χ0n) is 8.56. The third-order valence-electron chi connectivity index (χ3n) is 2.11. The van der Waals surface area contributed by atoms with E-state index in [1.807, 2.05) is 18.2 Å². The fourth-order valence-electron chi connectivity index (χ4n) is 1.35. The summed E-state index contributed by atoms with van der Waals surface area (Å²) in [7, 11) is 3.20. The molecule has 0 radical (unpaired) electrons. The normalized spacial score (nSPS) is 10.0. The molecule has 0 bridgehead atoms. The van der Waals surface area contributed by atoms with Crippen molar-refractivity contribution in [2.45, 2.75) is 0 Å². The second-order valence-electron chi connectivity index (χ2n) is 2.95. The Bertz CT molecular complexity index is 437. The van der Waals surface area contributed by atoms with Crippen molar-refractivity contribution in [3.05, 3.63) is 30.5 Å². The number of ether oxygens (including phenoxy) is 2. The van der Waals surface area contributed by atoms with Crippen LogP contribution in [0, 0.1) is 0 Å². The Balaban J connectivity index is 2.43. The number of methoxy groups -OCH3 is 2. The number of aromatic nitrogens is 1. The van der Waals surface area contributed by atoms with Gasteiger partial charge in [-0.25, -0.2) is 0 Å². The number of benzene rings is 1. The minimum Gasteiger partial charge on any atom is -0.493 e. The minimum atomic E-state index is 0.673. The molecule has 0 unspecified atom stereocenters. The molecule has 1 heterocycles. The molecule has 0 fully saturated rings. The molecule has 0 saturated carbocycles. The number of hydrogen-bond acceptors (Lipinski definition) is 4. The highest BCUT2D eigenvalue weighted by molar-refractivity contribution is 5.62. The van der Waals surface area contributed by atoms with Gasteiger partial charge in [0.2, 0.25) is 0 Å². The van der Waals surface area contributed by atoms with Gasteiger partial charge in [-0.15, -0.1) is 0 Å². The quantitative estimate of drug-likeness (QED) is 0.771. The average Bonchev–Trinajstić information content (AvgIpc) is 2.81. The van der Waals surface area contributed by atoms with E-state index in [9.17, 15) is 0 Å². The van der Waals surface area contributed by atoms with E-state index in [1.54, 1.807) is 26.5 Å². The number of hydrogen-bond donors (Lipinski definition) is 0. The van der Waals surface area contributed by atoms with Crippen molar-refractivity contribution in [1.29, 1.82) is 0 Å². The van der Waals surface area contributed by atoms with E-state index in [0.29, 0.717) is 17.3 Å². The SMILES string of the molecule is COc1ccc(-c2ccno2)cc1OC. The lowest BCUT2D eigenvalue weighted by Crippen LogP contribution is -1.90. The van der Waals surface area contributed by atoms with Crippen LogP contribution in [-0.2, 0) is 0 Å². The first kappa shape index (κ1) is 9.58. The van der Waals surface area contributed by atoms with Crippen LogP contribution in [0.3, 0.4) is 0 Å². The molecule has 0 amide bonds. The van der Waals surface area contributed by atoms with E-state index in [2.05, 4.69) is 5.16 Å². The van der Waals surface area contributed by atoms with Gasteiger partial charge >= 0.3 is 0 Å². The summed E-state index contributed by atoms with van der Waals surface area (Å²) in [5.41, 5.74) is 0.908. The van der Waals surface area contributed by atoms with Crippen LogP contribution in [0.25, 0.3) is 11.3 Å². The van der Waals surface area contributed by atoms with E-state index in [4.69, 9.17) is 14.0 Å². The molecule has 0 aliphatic rings. The molecular formula is C11H11NO3. The summed E-state index contributed by atoms with van der Waals surface area (Å²) in [6, 6.07) is 7.36. The van der Waals surface area contributed by atoms with Gasteiger partial charge in [0.1, 0.15) is 0 Å². The Labute approximate surface area is 87.4 Å². The van der Waals surface area contributed by atoms with Gasteiger partial charge in [-0.2, -0.15) is 0 Å². The summed E-state index contributed by atoms with van der Waals surface area (Å²) in [5, 5.41) is 3.65.